The maximum absolute atomic E-state index is 11.8. The number of nitrogens with zero attached hydrogens (tertiary/aromatic N) is 2. The molecular formula is C12H22N4O2S. The zero-order chi connectivity index (χ0) is 14.1. The third-order valence-electron chi connectivity index (χ3n) is 2.47. The minimum atomic E-state index is -0.201. The Morgan fingerprint density at radius 1 is 1.53 bits per heavy atom. The van der Waals surface area contributed by atoms with E-state index < -0.39 is 0 Å². The molecule has 0 spiro atoms. The highest BCUT2D eigenvalue weighted by atomic mass is 32.2. The molecule has 1 heterocycles. The summed E-state index contributed by atoms with van der Waals surface area (Å²) in [6.45, 7) is 7.84. The summed E-state index contributed by atoms with van der Waals surface area (Å²) in [6.07, 6.45) is 1.64. The van der Waals surface area contributed by atoms with Crippen molar-refractivity contribution in [2.24, 2.45) is 0 Å². The maximum atomic E-state index is 11.8. The Kier molecular flexibility index (Phi) is 7.50. The molecule has 1 aromatic heterocycles. The molecule has 1 rings (SSSR count). The molecule has 0 aliphatic rings. The zero-order valence-corrected chi connectivity index (χ0v) is 12.5. The summed E-state index contributed by atoms with van der Waals surface area (Å²) in [6, 6.07) is 0. The standard InChI is InChI=1S/C12H22N4O2S/c1-4-10-14-12(16-15-10)19-9(3)11(17)13-7-6-8-18-5-2/h9H,4-8H2,1-3H3,(H,13,17)(H,14,15,16). The SMILES string of the molecule is CCOCCCNC(=O)C(C)Sc1n[nH]c(CC)n1. The molecule has 19 heavy (non-hydrogen) atoms. The summed E-state index contributed by atoms with van der Waals surface area (Å²) < 4.78 is 5.21. The molecule has 0 fully saturated rings. The van der Waals surface area contributed by atoms with Crippen LogP contribution in [0, 0.1) is 0 Å². The number of hydrogen-bond donors (Lipinski definition) is 2. The van der Waals surface area contributed by atoms with Gasteiger partial charge in [-0.2, -0.15) is 0 Å². The van der Waals surface area contributed by atoms with Crippen molar-refractivity contribution in [3.05, 3.63) is 5.82 Å². The van der Waals surface area contributed by atoms with Gasteiger partial charge in [0.05, 0.1) is 5.25 Å². The van der Waals surface area contributed by atoms with Crippen molar-refractivity contribution in [3.63, 3.8) is 0 Å². The lowest BCUT2D eigenvalue weighted by molar-refractivity contribution is -0.120. The van der Waals surface area contributed by atoms with Gasteiger partial charge in [0.1, 0.15) is 5.82 Å². The van der Waals surface area contributed by atoms with Crippen molar-refractivity contribution in [2.75, 3.05) is 19.8 Å². The molecule has 0 bridgehead atoms. The molecule has 1 amide bonds. The highest BCUT2D eigenvalue weighted by Gasteiger charge is 2.16. The molecule has 1 atom stereocenters. The minimum absolute atomic E-state index is 0.00402. The van der Waals surface area contributed by atoms with Gasteiger partial charge in [0, 0.05) is 26.2 Å². The van der Waals surface area contributed by atoms with Crippen LogP contribution < -0.4 is 5.32 Å². The van der Waals surface area contributed by atoms with Gasteiger partial charge in [0.15, 0.2) is 0 Å². The first-order valence-corrected chi connectivity index (χ1v) is 7.48. The van der Waals surface area contributed by atoms with E-state index >= 15 is 0 Å². The average molecular weight is 286 g/mol. The predicted molar refractivity (Wildman–Crippen MR) is 75.2 cm³/mol. The van der Waals surface area contributed by atoms with E-state index in [4.69, 9.17) is 4.74 Å². The Morgan fingerprint density at radius 3 is 2.95 bits per heavy atom. The number of carbonyl (C=O) groups excluding carboxylic acids is 1. The Morgan fingerprint density at radius 2 is 2.32 bits per heavy atom. The van der Waals surface area contributed by atoms with Gasteiger partial charge in [-0.25, -0.2) is 4.98 Å². The topological polar surface area (TPSA) is 79.9 Å². The van der Waals surface area contributed by atoms with Gasteiger partial charge < -0.3 is 10.1 Å². The summed E-state index contributed by atoms with van der Waals surface area (Å²) in [5.74, 6) is 0.844. The first-order valence-electron chi connectivity index (χ1n) is 6.60. The number of rotatable bonds is 9. The molecule has 6 nitrogen and oxygen atoms in total. The van der Waals surface area contributed by atoms with Gasteiger partial charge in [-0.3, -0.25) is 9.89 Å². The molecule has 0 aromatic carbocycles. The van der Waals surface area contributed by atoms with Crippen LogP contribution in [0.25, 0.3) is 0 Å². The highest BCUT2D eigenvalue weighted by molar-refractivity contribution is 8.00. The Bertz CT molecular complexity index is 384. The second-order valence-electron chi connectivity index (χ2n) is 4.02. The number of thioether (sulfide) groups is 1. The van der Waals surface area contributed by atoms with E-state index in [-0.39, 0.29) is 11.2 Å². The van der Waals surface area contributed by atoms with Crippen molar-refractivity contribution in [1.82, 2.24) is 20.5 Å². The van der Waals surface area contributed by atoms with Gasteiger partial charge in [0.25, 0.3) is 0 Å². The molecule has 7 heteroatoms. The number of amides is 1. The fourth-order valence-electron chi connectivity index (χ4n) is 1.37. The molecule has 1 unspecified atom stereocenters. The summed E-state index contributed by atoms with van der Waals surface area (Å²) >= 11 is 1.36. The van der Waals surface area contributed by atoms with E-state index in [1.807, 2.05) is 20.8 Å². The quantitative estimate of drug-likeness (QED) is 0.530. The predicted octanol–water partition coefficient (Wildman–Crippen LogP) is 1.39. The number of H-pyrrole nitrogens is 1. The summed E-state index contributed by atoms with van der Waals surface area (Å²) in [4.78, 5) is 16.1. The Labute approximate surface area is 118 Å². The van der Waals surface area contributed by atoms with E-state index in [1.54, 1.807) is 0 Å². The number of aryl methyl sites for hydroxylation is 1. The summed E-state index contributed by atoms with van der Waals surface area (Å²) in [5.41, 5.74) is 0. The number of hydrogen-bond acceptors (Lipinski definition) is 5. The van der Waals surface area contributed by atoms with Crippen molar-refractivity contribution >= 4 is 17.7 Å². The van der Waals surface area contributed by atoms with Crippen molar-refractivity contribution < 1.29 is 9.53 Å². The van der Waals surface area contributed by atoms with Crippen molar-refractivity contribution in [2.45, 2.75) is 44.0 Å². The third kappa shape index (κ3) is 6.07. The minimum Gasteiger partial charge on any atom is -0.382 e. The lowest BCUT2D eigenvalue weighted by Gasteiger charge is -2.09. The van der Waals surface area contributed by atoms with Crippen molar-refractivity contribution in [3.8, 4) is 0 Å². The second kappa shape index (κ2) is 8.92. The van der Waals surface area contributed by atoms with Crippen LogP contribution in [0.2, 0.25) is 0 Å². The largest absolute Gasteiger partial charge is 0.382 e. The van der Waals surface area contributed by atoms with Crippen LogP contribution in [0.3, 0.4) is 0 Å². The normalized spacial score (nSPS) is 12.4. The smallest absolute Gasteiger partial charge is 0.233 e. The number of nitrogens with one attached hydrogen (secondary N) is 2. The number of aromatic nitrogens is 3. The molecule has 0 saturated carbocycles. The van der Waals surface area contributed by atoms with E-state index in [1.165, 1.54) is 11.8 Å². The maximum Gasteiger partial charge on any atom is 0.233 e. The van der Waals surface area contributed by atoms with Crippen LogP contribution in [0.1, 0.15) is 33.0 Å². The Hall–Kier alpha value is -1.08. The van der Waals surface area contributed by atoms with Gasteiger partial charge >= 0.3 is 0 Å². The first-order chi connectivity index (χ1) is 9.17. The van der Waals surface area contributed by atoms with Crippen LogP contribution in [-0.4, -0.2) is 46.1 Å². The van der Waals surface area contributed by atoms with Crippen LogP contribution in [0.15, 0.2) is 5.16 Å². The molecule has 2 N–H and O–H groups in total. The molecule has 0 saturated heterocycles. The number of ether oxygens (including phenoxy) is 1. The monoisotopic (exact) mass is 286 g/mol. The third-order valence-corrected chi connectivity index (χ3v) is 3.43. The van der Waals surface area contributed by atoms with Crippen LogP contribution in [0.4, 0.5) is 0 Å². The summed E-state index contributed by atoms with van der Waals surface area (Å²) in [5, 5.41) is 10.2. The van der Waals surface area contributed by atoms with Crippen LogP contribution in [0.5, 0.6) is 0 Å². The Balaban J connectivity index is 2.24. The van der Waals surface area contributed by atoms with Crippen LogP contribution in [-0.2, 0) is 16.0 Å². The van der Waals surface area contributed by atoms with E-state index in [0.717, 1.165) is 18.7 Å². The average Bonchev–Trinajstić information content (AvgIpc) is 2.85. The number of aromatic amines is 1. The van der Waals surface area contributed by atoms with Gasteiger partial charge in [-0.05, 0) is 20.3 Å². The molecule has 0 aliphatic heterocycles. The van der Waals surface area contributed by atoms with Crippen LogP contribution >= 0.6 is 11.8 Å². The molecule has 0 aliphatic carbocycles. The molecule has 108 valence electrons. The highest BCUT2D eigenvalue weighted by Crippen LogP contribution is 2.18. The van der Waals surface area contributed by atoms with Gasteiger partial charge in [0.2, 0.25) is 11.1 Å². The van der Waals surface area contributed by atoms with Gasteiger partial charge in [-0.15, -0.1) is 5.10 Å². The van der Waals surface area contributed by atoms with Crippen molar-refractivity contribution in [1.29, 1.82) is 0 Å². The summed E-state index contributed by atoms with van der Waals surface area (Å²) in [7, 11) is 0. The second-order valence-corrected chi connectivity index (χ2v) is 5.33. The van der Waals surface area contributed by atoms with E-state index in [9.17, 15) is 4.79 Å². The first kappa shape index (κ1) is 16.0. The van der Waals surface area contributed by atoms with Gasteiger partial charge in [-0.1, -0.05) is 18.7 Å². The molecule has 1 aromatic rings. The van der Waals surface area contributed by atoms with E-state index in [2.05, 4.69) is 20.5 Å². The van der Waals surface area contributed by atoms with E-state index in [0.29, 0.717) is 24.9 Å². The number of carbonyl (C=O) groups is 1. The lowest BCUT2D eigenvalue weighted by atomic mass is 10.4. The lowest BCUT2D eigenvalue weighted by Crippen LogP contribution is -2.32. The molecule has 0 radical (unpaired) electrons. The fourth-order valence-corrected chi connectivity index (χ4v) is 2.14. The zero-order valence-electron chi connectivity index (χ0n) is 11.7. The fraction of sp³-hybridized carbons (Fsp3) is 0.750. The molecular weight excluding hydrogens is 264 g/mol.